The Hall–Kier alpha value is -3.73. The van der Waals surface area contributed by atoms with Crippen LogP contribution in [0.25, 0.3) is 0 Å². The maximum absolute atomic E-state index is 13.8. The third-order valence-electron chi connectivity index (χ3n) is 6.76. The Balaban J connectivity index is 1.58. The number of amides is 4. The van der Waals surface area contributed by atoms with E-state index in [1.165, 1.54) is 11.8 Å². The van der Waals surface area contributed by atoms with Gasteiger partial charge in [0.25, 0.3) is 5.91 Å². The lowest BCUT2D eigenvalue weighted by Gasteiger charge is -2.47. The Bertz CT molecular complexity index is 1080. The number of nitrogens with one attached hydrogen (secondary N) is 2. The molecule has 11 heteroatoms. The molecule has 1 aromatic rings. The number of benzene rings is 1. The van der Waals surface area contributed by atoms with Crippen molar-refractivity contribution in [2.75, 3.05) is 19.7 Å². The van der Waals surface area contributed by atoms with E-state index in [1.807, 2.05) is 12.2 Å². The number of ether oxygens (including phenoxy) is 2. The minimum absolute atomic E-state index is 0.00665. The first-order valence-electron chi connectivity index (χ1n) is 12.5. The summed E-state index contributed by atoms with van der Waals surface area (Å²) < 4.78 is 10.6. The number of hydrogen-bond acceptors (Lipinski definition) is 7. The average Bonchev–Trinajstić information content (AvgIpc) is 3.22. The zero-order valence-corrected chi connectivity index (χ0v) is 20.9. The van der Waals surface area contributed by atoms with Crippen LogP contribution in [0.4, 0.5) is 0 Å². The van der Waals surface area contributed by atoms with Crippen LogP contribution in [0.3, 0.4) is 0 Å². The molecular weight excluding hydrogens is 480 g/mol. The highest BCUT2D eigenvalue weighted by molar-refractivity contribution is 5.99. The van der Waals surface area contributed by atoms with Gasteiger partial charge in [0.15, 0.2) is 0 Å². The summed E-state index contributed by atoms with van der Waals surface area (Å²) in [5, 5.41) is 5.60. The van der Waals surface area contributed by atoms with Crippen molar-refractivity contribution in [3.8, 4) is 0 Å². The molecular formula is C26H32N4O7. The lowest BCUT2D eigenvalue weighted by molar-refractivity contribution is -0.165. The molecule has 0 aliphatic carbocycles. The fourth-order valence-corrected chi connectivity index (χ4v) is 4.92. The Morgan fingerprint density at radius 1 is 1.05 bits per heavy atom. The Kier molecular flexibility index (Phi) is 8.22. The van der Waals surface area contributed by atoms with Crippen molar-refractivity contribution in [2.45, 2.75) is 63.6 Å². The summed E-state index contributed by atoms with van der Waals surface area (Å²) in [6.45, 7) is 3.71. The Morgan fingerprint density at radius 3 is 2.49 bits per heavy atom. The van der Waals surface area contributed by atoms with Crippen LogP contribution in [0.2, 0.25) is 0 Å². The number of piperazine rings is 1. The van der Waals surface area contributed by atoms with E-state index < -0.39 is 54.1 Å². The number of rotatable bonds is 6. The predicted octanol–water partition coefficient (Wildman–Crippen LogP) is 0.357. The van der Waals surface area contributed by atoms with Crippen LogP contribution in [0.15, 0.2) is 42.5 Å². The monoisotopic (exact) mass is 512 g/mol. The lowest BCUT2D eigenvalue weighted by atomic mass is 9.96. The Morgan fingerprint density at radius 2 is 1.78 bits per heavy atom. The first kappa shape index (κ1) is 26.3. The molecule has 3 aliphatic heterocycles. The van der Waals surface area contributed by atoms with Crippen LogP contribution in [0.5, 0.6) is 0 Å². The fourth-order valence-electron chi connectivity index (χ4n) is 4.92. The van der Waals surface area contributed by atoms with Gasteiger partial charge in [0.1, 0.15) is 18.1 Å². The van der Waals surface area contributed by atoms with Gasteiger partial charge in [0, 0.05) is 25.6 Å². The van der Waals surface area contributed by atoms with Gasteiger partial charge in [-0.15, -0.1) is 0 Å². The van der Waals surface area contributed by atoms with Crippen molar-refractivity contribution in [1.29, 1.82) is 0 Å². The maximum Gasteiger partial charge on any atom is 0.310 e. The van der Waals surface area contributed by atoms with Gasteiger partial charge >= 0.3 is 5.97 Å². The number of carbonyl (C=O) groups is 5. The summed E-state index contributed by atoms with van der Waals surface area (Å²) in [7, 11) is 0. The van der Waals surface area contributed by atoms with E-state index in [1.54, 1.807) is 42.2 Å². The van der Waals surface area contributed by atoms with Crippen molar-refractivity contribution in [3.05, 3.63) is 48.0 Å². The van der Waals surface area contributed by atoms with Crippen molar-refractivity contribution in [1.82, 2.24) is 20.4 Å². The minimum Gasteiger partial charge on any atom is -0.433 e. The molecule has 1 aromatic carbocycles. The van der Waals surface area contributed by atoms with E-state index in [-0.39, 0.29) is 38.4 Å². The maximum atomic E-state index is 13.8. The molecule has 3 heterocycles. The van der Waals surface area contributed by atoms with Crippen molar-refractivity contribution >= 4 is 29.6 Å². The van der Waals surface area contributed by atoms with Crippen LogP contribution in [0, 0.1) is 0 Å². The van der Waals surface area contributed by atoms with Crippen molar-refractivity contribution in [2.24, 2.45) is 0 Å². The molecule has 11 nitrogen and oxygen atoms in total. The molecule has 2 saturated heterocycles. The molecule has 4 amide bonds. The third-order valence-corrected chi connectivity index (χ3v) is 6.76. The lowest BCUT2D eigenvalue weighted by Crippen LogP contribution is -2.68. The second-order valence-electron chi connectivity index (χ2n) is 9.31. The standard InChI is InChI=1S/C26H32N4O7/c1-3-36-26-20(13-22(32)37-26)28-24(34)21-15-29(16(2)31)14-18-11-7-8-12-19(25(35)30(18)21)27-23(33)17-9-5-4-6-10-17/h4-10,18-21,26H,3,11-15H2,1-2H3,(H,27,33)(H,28,34)/t18-,19-,20?,21-,26?/m0/s1. The molecule has 198 valence electrons. The van der Waals surface area contributed by atoms with Crippen molar-refractivity contribution in [3.63, 3.8) is 0 Å². The van der Waals surface area contributed by atoms with Gasteiger partial charge in [0.2, 0.25) is 24.0 Å². The second kappa shape index (κ2) is 11.5. The van der Waals surface area contributed by atoms with Gasteiger partial charge in [-0.25, -0.2) is 0 Å². The molecule has 2 N–H and O–H groups in total. The SMILES string of the molecule is CCOC1OC(=O)CC1NC(=O)[C@@H]1CN(C(C)=O)C[C@@H]2CC=CC[C@H](NC(=O)c3ccccc3)C(=O)N21. The number of esters is 1. The van der Waals surface area contributed by atoms with Gasteiger partial charge < -0.3 is 29.9 Å². The molecule has 2 unspecified atom stereocenters. The number of hydrogen-bond donors (Lipinski definition) is 2. The molecule has 5 atom stereocenters. The summed E-state index contributed by atoms with van der Waals surface area (Å²) >= 11 is 0. The van der Waals surface area contributed by atoms with E-state index in [9.17, 15) is 24.0 Å². The molecule has 0 radical (unpaired) electrons. The van der Waals surface area contributed by atoms with Crippen molar-refractivity contribution < 1.29 is 33.4 Å². The molecule has 0 aromatic heterocycles. The van der Waals surface area contributed by atoms with E-state index in [2.05, 4.69) is 10.6 Å². The molecule has 0 saturated carbocycles. The molecule has 37 heavy (non-hydrogen) atoms. The zero-order chi connectivity index (χ0) is 26.5. The van der Waals surface area contributed by atoms with E-state index >= 15 is 0 Å². The summed E-state index contributed by atoms with van der Waals surface area (Å²) in [6, 6.07) is 5.49. The van der Waals surface area contributed by atoms with E-state index in [0.717, 1.165) is 0 Å². The summed E-state index contributed by atoms with van der Waals surface area (Å²) in [6.07, 6.45) is 3.47. The first-order chi connectivity index (χ1) is 17.8. The minimum atomic E-state index is -1.02. The highest BCUT2D eigenvalue weighted by Crippen LogP contribution is 2.25. The predicted molar refractivity (Wildman–Crippen MR) is 131 cm³/mol. The van der Waals surface area contributed by atoms with Gasteiger partial charge in [0.05, 0.1) is 19.0 Å². The molecule has 4 rings (SSSR count). The van der Waals surface area contributed by atoms with Crippen LogP contribution in [-0.4, -0.2) is 89.6 Å². The van der Waals surface area contributed by atoms with Crippen LogP contribution in [-0.2, 0) is 28.7 Å². The fraction of sp³-hybridized carbons (Fsp3) is 0.500. The average molecular weight is 513 g/mol. The normalized spacial score (nSPS) is 27.6. The zero-order valence-electron chi connectivity index (χ0n) is 20.9. The smallest absolute Gasteiger partial charge is 0.310 e. The molecule has 0 spiro atoms. The summed E-state index contributed by atoms with van der Waals surface area (Å²) in [5.41, 5.74) is 0.418. The van der Waals surface area contributed by atoms with Gasteiger partial charge in [-0.05, 0) is 31.9 Å². The summed E-state index contributed by atoms with van der Waals surface area (Å²) in [4.78, 5) is 67.4. The Labute approximate surface area is 215 Å². The third kappa shape index (κ3) is 5.99. The van der Waals surface area contributed by atoms with Crippen LogP contribution >= 0.6 is 0 Å². The van der Waals surface area contributed by atoms with Crippen LogP contribution < -0.4 is 10.6 Å². The van der Waals surface area contributed by atoms with Crippen LogP contribution in [0.1, 0.15) is 43.5 Å². The topological polar surface area (TPSA) is 134 Å². The summed E-state index contributed by atoms with van der Waals surface area (Å²) in [5.74, 6) is -2.02. The molecule has 0 bridgehead atoms. The number of carbonyl (C=O) groups excluding carboxylic acids is 5. The van der Waals surface area contributed by atoms with E-state index in [4.69, 9.17) is 9.47 Å². The van der Waals surface area contributed by atoms with Gasteiger partial charge in [-0.2, -0.15) is 0 Å². The number of nitrogens with zero attached hydrogens (tertiary/aromatic N) is 2. The number of fused-ring (bicyclic) bond motifs is 1. The molecule has 2 fully saturated rings. The van der Waals surface area contributed by atoms with Gasteiger partial charge in [-0.1, -0.05) is 30.4 Å². The van der Waals surface area contributed by atoms with Gasteiger partial charge in [-0.3, -0.25) is 24.0 Å². The highest BCUT2D eigenvalue weighted by atomic mass is 16.7. The molecule has 3 aliphatic rings. The largest absolute Gasteiger partial charge is 0.433 e. The number of cyclic esters (lactones) is 1. The van der Waals surface area contributed by atoms with E-state index in [0.29, 0.717) is 12.0 Å². The second-order valence-corrected chi connectivity index (χ2v) is 9.31. The quantitative estimate of drug-likeness (QED) is 0.415. The highest BCUT2D eigenvalue weighted by Gasteiger charge is 2.46. The first-order valence-corrected chi connectivity index (χ1v) is 12.5.